The zero-order valence-corrected chi connectivity index (χ0v) is 8.86. The van der Waals surface area contributed by atoms with Gasteiger partial charge in [-0.2, -0.15) is 0 Å². The minimum atomic E-state index is -2.80. The molecule has 0 aliphatic carbocycles. The first-order valence-corrected chi connectivity index (χ1v) is 6.76. The van der Waals surface area contributed by atoms with Crippen molar-refractivity contribution in [2.24, 2.45) is 0 Å². The lowest BCUT2D eigenvalue weighted by Gasteiger charge is -2.14. The van der Waals surface area contributed by atoms with Gasteiger partial charge in [0.25, 0.3) is 0 Å². The second-order valence-electron chi connectivity index (χ2n) is 3.63. The first-order valence-electron chi connectivity index (χ1n) is 4.70. The third-order valence-electron chi connectivity index (χ3n) is 2.19. The molecular formula is C8H18N2O2S. The Labute approximate surface area is 80.0 Å². The van der Waals surface area contributed by atoms with Crippen molar-refractivity contribution in [2.45, 2.75) is 18.9 Å². The molecule has 0 radical (unpaired) electrons. The van der Waals surface area contributed by atoms with Crippen LogP contribution in [-0.4, -0.2) is 46.1 Å². The zero-order valence-electron chi connectivity index (χ0n) is 8.04. The molecule has 0 aromatic rings. The number of nitrogens with one attached hydrogen (secondary N) is 2. The van der Waals surface area contributed by atoms with Gasteiger partial charge in [0.1, 0.15) is 9.84 Å². The van der Waals surface area contributed by atoms with E-state index in [1.807, 2.05) is 0 Å². The topological polar surface area (TPSA) is 58.2 Å². The highest BCUT2D eigenvalue weighted by Gasteiger charge is 2.13. The molecule has 0 aromatic heterocycles. The molecule has 1 fully saturated rings. The standard InChI is InChI=1S/C8H18N2O2S/c1-13(11,12)6-3-8-7-9-4-2-5-10-8/h8-10H,2-7H2,1H3. The Morgan fingerprint density at radius 2 is 2.15 bits per heavy atom. The number of sulfone groups is 1. The van der Waals surface area contributed by atoms with Crippen LogP contribution in [0, 0.1) is 0 Å². The van der Waals surface area contributed by atoms with E-state index >= 15 is 0 Å². The quantitative estimate of drug-likeness (QED) is 0.646. The van der Waals surface area contributed by atoms with Gasteiger partial charge in [0.2, 0.25) is 0 Å². The van der Waals surface area contributed by atoms with Crippen molar-refractivity contribution < 1.29 is 8.42 Å². The zero-order chi connectivity index (χ0) is 9.73. The average molecular weight is 206 g/mol. The normalized spacial score (nSPS) is 25.5. The van der Waals surface area contributed by atoms with Crippen LogP contribution in [0.4, 0.5) is 0 Å². The van der Waals surface area contributed by atoms with Gasteiger partial charge in [0.15, 0.2) is 0 Å². The van der Waals surface area contributed by atoms with Gasteiger partial charge < -0.3 is 10.6 Å². The Morgan fingerprint density at radius 1 is 1.38 bits per heavy atom. The molecule has 0 saturated carbocycles. The van der Waals surface area contributed by atoms with Crippen molar-refractivity contribution in [3.8, 4) is 0 Å². The van der Waals surface area contributed by atoms with Gasteiger partial charge in [-0.05, 0) is 25.9 Å². The fourth-order valence-electron chi connectivity index (χ4n) is 1.43. The Hall–Kier alpha value is -0.130. The summed E-state index contributed by atoms with van der Waals surface area (Å²) in [5.41, 5.74) is 0. The van der Waals surface area contributed by atoms with Crippen LogP contribution in [0.1, 0.15) is 12.8 Å². The van der Waals surface area contributed by atoms with E-state index in [1.165, 1.54) is 6.26 Å². The Bertz CT molecular complexity index is 231. The van der Waals surface area contributed by atoms with Crippen molar-refractivity contribution >= 4 is 9.84 Å². The molecule has 1 rings (SSSR count). The van der Waals surface area contributed by atoms with Crippen LogP contribution >= 0.6 is 0 Å². The molecule has 0 aromatic carbocycles. The van der Waals surface area contributed by atoms with E-state index in [4.69, 9.17) is 0 Å². The maximum absolute atomic E-state index is 10.9. The van der Waals surface area contributed by atoms with Gasteiger partial charge in [0.05, 0.1) is 5.75 Å². The minimum Gasteiger partial charge on any atom is -0.315 e. The highest BCUT2D eigenvalue weighted by molar-refractivity contribution is 7.90. The first kappa shape index (κ1) is 10.9. The second kappa shape index (κ2) is 4.93. The number of rotatable bonds is 3. The predicted octanol–water partition coefficient (Wildman–Crippen LogP) is -0.627. The molecule has 1 saturated heterocycles. The minimum absolute atomic E-state index is 0.284. The summed E-state index contributed by atoms with van der Waals surface area (Å²) in [6.07, 6.45) is 3.12. The van der Waals surface area contributed by atoms with Gasteiger partial charge in [0, 0.05) is 18.8 Å². The third-order valence-corrected chi connectivity index (χ3v) is 3.17. The van der Waals surface area contributed by atoms with Crippen LogP contribution in [0.3, 0.4) is 0 Å². The van der Waals surface area contributed by atoms with Crippen molar-refractivity contribution in [1.82, 2.24) is 10.6 Å². The maximum atomic E-state index is 10.9. The van der Waals surface area contributed by atoms with Crippen molar-refractivity contribution in [2.75, 3.05) is 31.6 Å². The molecule has 2 N–H and O–H groups in total. The van der Waals surface area contributed by atoms with Gasteiger partial charge in [-0.25, -0.2) is 8.42 Å². The molecule has 13 heavy (non-hydrogen) atoms. The first-order chi connectivity index (χ1) is 6.08. The van der Waals surface area contributed by atoms with Crippen LogP contribution in [0.15, 0.2) is 0 Å². The van der Waals surface area contributed by atoms with E-state index in [0.717, 1.165) is 26.1 Å². The molecule has 78 valence electrons. The number of hydrogen-bond donors (Lipinski definition) is 2. The van der Waals surface area contributed by atoms with E-state index in [-0.39, 0.29) is 5.75 Å². The Morgan fingerprint density at radius 3 is 2.85 bits per heavy atom. The van der Waals surface area contributed by atoms with Crippen LogP contribution in [0.2, 0.25) is 0 Å². The molecule has 1 aliphatic rings. The SMILES string of the molecule is CS(=O)(=O)CCC1CNCCCN1. The summed E-state index contributed by atoms with van der Waals surface area (Å²) in [6.45, 7) is 2.90. The lowest BCUT2D eigenvalue weighted by atomic mass is 10.2. The second-order valence-corrected chi connectivity index (χ2v) is 5.89. The Balaban J connectivity index is 2.27. The fourth-order valence-corrected chi connectivity index (χ4v) is 2.14. The molecule has 0 amide bonds. The smallest absolute Gasteiger partial charge is 0.147 e. The highest BCUT2D eigenvalue weighted by Crippen LogP contribution is 1.98. The van der Waals surface area contributed by atoms with E-state index < -0.39 is 9.84 Å². The lowest BCUT2D eigenvalue weighted by molar-refractivity contribution is 0.509. The summed E-state index contributed by atoms with van der Waals surface area (Å²) < 4.78 is 21.8. The predicted molar refractivity (Wildman–Crippen MR) is 53.6 cm³/mol. The summed E-state index contributed by atoms with van der Waals surface area (Å²) >= 11 is 0. The monoisotopic (exact) mass is 206 g/mol. The highest BCUT2D eigenvalue weighted by atomic mass is 32.2. The van der Waals surface area contributed by atoms with Crippen LogP contribution < -0.4 is 10.6 Å². The van der Waals surface area contributed by atoms with Crippen LogP contribution in [0.5, 0.6) is 0 Å². The number of hydrogen-bond acceptors (Lipinski definition) is 4. The molecule has 5 heteroatoms. The van der Waals surface area contributed by atoms with Gasteiger partial charge in [-0.15, -0.1) is 0 Å². The molecule has 1 aliphatic heterocycles. The Kier molecular flexibility index (Phi) is 4.15. The average Bonchev–Trinajstić information content (AvgIpc) is 2.26. The molecule has 1 heterocycles. The van der Waals surface area contributed by atoms with E-state index in [2.05, 4.69) is 10.6 Å². The van der Waals surface area contributed by atoms with Crippen molar-refractivity contribution in [3.63, 3.8) is 0 Å². The van der Waals surface area contributed by atoms with E-state index in [1.54, 1.807) is 0 Å². The van der Waals surface area contributed by atoms with Crippen LogP contribution in [-0.2, 0) is 9.84 Å². The summed E-state index contributed by atoms with van der Waals surface area (Å²) in [4.78, 5) is 0. The summed E-state index contributed by atoms with van der Waals surface area (Å²) in [7, 11) is -2.80. The fraction of sp³-hybridized carbons (Fsp3) is 1.00. The van der Waals surface area contributed by atoms with E-state index in [0.29, 0.717) is 12.5 Å². The maximum Gasteiger partial charge on any atom is 0.147 e. The summed E-state index contributed by atoms with van der Waals surface area (Å²) in [6, 6.07) is 0.317. The van der Waals surface area contributed by atoms with Crippen molar-refractivity contribution in [3.05, 3.63) is 0 Å². The van der Waals surface area contributed by atoms with Gasteiger partial charge in [-0.1, -0.05) is 0 Å². The summed E-state index contributed by atoms with van der Waals surface area (Å²) in [5.74, 6) is 0.284. The van der Waals surface area contributed by atoms with Gasteiger partial charge >= 0.3 is 0 Å². The molecule has 4 nitrogen and oxygen atoms in total. The van der Waals surface area contributed by atoms with Crippen molar-refractivity contribution in [1.29, 1.82) is 0 Å². The third kappa shape index (κ3) is 5.23. The van der Waals surface area contributed by atoms with Crippen LogP contribution in [0.25, 0.3) is 0 Å². The lowest BCUT2D eigenvalue weighted by Crippen LogP contribution is -2.36. The molecule has 1 unspecified atom stereocenters. The molecule has 1 atom stereocenters. The largest absolute Gasteiger partial charge is 0.315 e. The van der Waals surface area contributed by atoms with Gasteiger partial charge in [-0.3, -0.25) is 0 Å². The molecular weight excluding hydrogens is 188 g/mol. The molecule has 0 bridgehead atoms. The van der Waals surface area contributed by atoms with E-state index in [9.17, 15) is 8.42 Å². The molecule has 0 spiro atoms. The summed E-state index contributed by atoms with van der Waals surface area (Å²) in [5, 5.41) is 6.60.